The third-order valence-electron chi connectivity index (χ3n) is 19.1. The molecule has 22 nitrogen and oxygen atoms in total. The van der Waals surface area contributed by atoms with Crippen molar-refractivity contribution < 1.29 is 65.9 Å². The topological polar surface area (TPSA) is 259 Å². The Morgan fingerprint density at radius 2 is 1.27 bits per heavy atom. The van der Waals surface area contributed by atoms with Gasteiger partial charge < -0.3 is 55.6 Å². The van der Waals surface area contributed by atoms with Gasteiger partial charge in [-0.1, -0.05) is 93.4 Å². The Morgan fingerprint density at radius 3 is 1.89 bits per heavy atom. The smallest absolute Gasteiger partial charge is 0.351 e. The van der Waals surface area contributed by atoms with E-state index in [-0.39, 0.29) is 57.4 Å². The summed E-state index contributed by atoms with van der Waals surface area (Å²) in [7, 11) is 8.42. The summed E-state index contributed by atoms with van der Waals surface area (Å²) in [6.07, 6.45) is 0.0106. The molecule has 2 heterocycles. The first-order valence-corrected chi connectivity index (χ1v) is 32.1. The highest BCUT2D eigenvalue weighted by molar-refractivity contribution is 6.31. The molecule has 2 aliphatic carbocycles. The molecule has 4 aliphatic rings. The maximum absolute atomic E-state index is 15.2. The SMILES string of the molecule is CCC(C)[C@@H]1NC(=O)[C@H](C)N(C)C(=O)C[C@@H](C)NC(=O)[C@H](C2CCCC2)N(C)C(=O)C2(CCCC2)NC(=O)[C@@H]2CCCN2C(=O)[C@H](CCc2ccc(C(F)(F)F)c(Cl)c2)NC(=O)[C@@H](C)N(C)C(=O)[C@H](Cc2cccc(C)c2)N(C)C(=O)CN(C)C(=O)CN(C)C1=O. The Morgan fingerprint density at radius 1 is 0.648 bits per heavy atom. The number of hydrogen-bond acceptors (Lipinski definition) is 11. The summed E-state index contributed by atoms with van der Waals surface area (Å²) in [6.45, 7) is 8.93. The number of rotatable bonds is 8. The van der Waals surface area contributed by atoms with Crippen LogP contribution in [0.1, 0.15) is 140 Å². The van der Waals surface area contributed by atoms with Crippen LogP contribution in [0.25, 0.3) is 0 Å². The first kappa shape index (κ1) is 72.7. The molecule has 2 aliphatic heterocycles. The monoisotopic (exact) mass is 1300 g/mol. The molecule has 91 heavy (non-hydrogen) atoms. The molecule has 9 atom stereocenters. The van der Waals surface area contributed by atoms with Gasteiger partial charge in [-0.3, -0.25) is 52.7 Å². The number of nitrogens with zero attached hydrogens (tertiary/aromatic N) is 7. The number of halogens is 4. The molecule has 6 rings (SSSR count). The zero-order valence-corrected chi connectivity index (χ0v) is 55.4. The predicted octanol–water partition coefficient (Wildman–Crippen LogP) is 4.64. The molecule has 1 unspecified atom stereocenters. The van der Waals surface area contributed by atoms with E-state index in [1.165, 1.54) is 81.8 Å². The second-order valence-corrected chi connectivity index (χ2v) is 26.1. The predicted molar refractivity (Wildman–Crippen MR) is 334 cm³/mol. The lowest BCUT2D eigenvalue weighted by atomic mass is 9.90. The first-order valence-electron chi connectivity index (χ1n) is 31.7. The fourth-order valence-electron chi connectivity index (χ4n) is 12.8. The molecule has 2 aromatic rings. The molecular weight excluding hydrogens is 1200 g/mol. The molecule has 0 radical (unpaired) electrons. The molecule has 26 heteroatoms. The number of likely N-dealkylation sites (N-methyl/N-ethyl adjacent to an activating group) is 6. The minimum atomic E-state index is -4.75. The van der Waals surface area contributed by atoms with Gasteiger partial charge in [0.2, 0.25) is 65.0 Å². The number of amides is 11. The molecule has 2 aromatic carbocycles. The van der Waals surface area contributed by atoms with Crippen molar-refractivity contribution in [2.24, 2.45) is 11.8 Å². The van der Waals surface area contributed by atoms with Gasteiger partial charge in [-0.25, -0.2) is 0 Å². The number of alkyl halides is 3. The van der Waals surface area contributed by atoms with Crippen molar-refractivity contribution in [2.45, 2.75) is 198 Å². The third-order valence-corrected chi connectivity index (χ3v) is 19.4. The maximum Gasteiger partial charge on any atom is 0.417 e. The van der Waals surface area contributed by atoms with Gasteiger partial charge in [-0.15, -0.1) is 0 Å². The molecular formula is C65H93ClF3N11O11. The van der Waals surface area contributed by atoms with E-state index >= 15 is 9.59 Å². The van der Waals surface area contributed by atoms with E-state index in [4.69, 9.17) is 11.6 Å². The fraction of sp³-hybridized carbons (Fsp3) is 0.646. The van der Waals surface area contributed by atoms with E-state index in [2.05, 4.69) is 21.3 Å². The van der Waals surface area contributed by atoms with Crippen LogP contribution in [-0.4, -0.2) is 215 Å². The van der Waals surface area contributed by atoms with E-state index in [0.29, 0.717) is 49.7 Å². The summed E-state index contributed by atoms with van der Waals surface area (Å²) in [5.41, 5.74) is -0.756. The van der Waals surface area contributed by atoms with Gasteiger partial charge in [-0.2, -0.15) is 13.2 Å². The highest BCUT2D eigenvalue weighted by Gasteiger charge is 2.50. The third kappa shape index (κ3) is 17.8. The zero-order valence-electron chi connectivity index (χ0n) is 54.7. The van der Waals surface area contributed by atoms with Crippen LogP contribution in [0, 0.1) is 18.8 Å². The van der Waals surface area contributed by atoms with Crippen molar-refractivity contribution in [3.05, 3.63) is 69.7 Å². The summed E-state index contributed by atoms with van der Waals surface area (Å²) in [5.74, 6) is -7.76. The van der Waals surface area contributed by atoms with Crippen molar-refractivity contribution in [1.82, 2.24) is 55.6 Å². The number of aryl methyl sites for hydroxylation is 2. The highest BCUT2D eigenvalue weighted by Crippen LogP contribution is 2.38. The van der Waals surface area contributed by atoms with Gasteiger partial charge in [-0.05, 0) is 114 Å². The molecule has 4 N–H and O–H groups in total. The van der Waals surface area contributed by atoms with E-state index < -0.39 is 155 Å². The van der Waals surface area contributed by atoms with Crippen LogP contribution in [-0.2, 0) is 71.8 Å². The van der Waals surface area contributed by atoms with Crippen molar-refractivity contribution in [3.8, 4) is 0 Å². The fourth-order valence-corrected chi connectivity index (χ4v) is 13.2. The molecule has 11 amide bonds. The largest absolute Gasteiger partial charge is 0.417 e. The van der Waals surface area contributed by atoms with Gasteiger partial charge in [0.15, 0.2) is 0 Å². The molecule has 0 aromatic heterocycles. The minimum absolute atomic E-state index is 0.0461. The van der Waals surface area contributed by atoms with Crippen LogP contribution in [0.3, 0.4) is 0 Å². The minimum Gasteiger partial charge on any atom is -0.351 e. The Balaban J connectivity index is 1.38. The van der Waals surface area contributed by atoms with Crippen LogP contribution in [0.15, 0.2) is 42.5 Å². The highest BCUT2D eigenvalue weighted by atomic mass is 35.5. The second kappa shape index (κ2) is 31.3. The molecule has 2 saturated heterocycles. The van der Waals surface area contributed by atoms with E-state index in [1.807, 2.05) is 26.0 Å². The van der Waals surface area contributed by atoms with Gasteiger partial charge in [0, 0.05) is 67.7 Å². The lowest BCUT2D eigenvalue weighted by molar-refractivity contribution is -0.150. The number of carbonyl (C=O) groups is 11. The normalized spacial score (nSPS) is 26.7. The Labute approximate surface area is 537 Å². The number of fused-ring (bicyclic) bond motifs is 1. The van der Waals surface area contributed by atoms with Crippen molar-refractivity contribution in [3.63, 3.8) is 0 Å². The number of hydrogen-bond donors (Lipinski definition) is 4. The lowest BCUT2D eigenvalue weighted by Crippen LogP contribution is -2.64. The standard InChI is InChI=1S/C65H93ClF3N11O11/c1-13-39(3)54-62(90)75(8)36-52(82)74(7)37-53(83)78(11)50(35-44-21-18-20-38(2)32-44)61(89)77(10)42(6)56(84)71-48(28-26-43-25-27-46(47(66)34-43)65(67,68)69)60(88)80-31-19-24-49(80)58(86)73-64(29-16-17-30-64)63(91)79(12)55(45-22-14-15-23-45)59(87)70-40(4)33-51(81)76(9)41(5)57(85)72-54/h18,20-21,25,27,32,34,39-42,45,48-50,54-55H,13-17,19,22-24,26,28-31,33,35-37H2,1-12H3,(H,70,87)(H,71,84)(H,72,85)(H,73,86)/t39?,40-,41+,42-,48+,49+,50+,54+,55+/m1/s1. The van der Waals surface area contributed by atoms with Gasteiger partial charge in [0.1, 0.15) is 47.8 Å². The first-order chi connectivity index (χ1) is 42.7. The number of carbonyl (C=O) groups excluding carboxylic acids is 11. The molecule has 0 bridgehead atoms. The van der Waals surface area contributed by atoms with Gasteiger partial charge >= 0.3 is 6.18 Å². The summed E-state index contributed by atoms with van der Waals surface area (Å²) < 4.78 is 41.4. The summed E-state index contributed by atoms with van der Waals surface area (Å²) in [4.78, 5) is 168. The Bertz CT molecular complexity index is 3030. The quantitative estimate of drug-likeness (QED) is 0.283. The summed E-state index contributed by atoms with van der Waals surface area (Å²) >= 11 is 6.13. The van der Waals surface area contributed by atoms with Crippen LogP contribution in [0.4, 0.5) is 13.2 Å². The van der Waals surface area contributed by atoms with E-state index in [1.54, 1.807) is 26.0 Å². The van der Waals surface area contributed by atoms with Crippen LogP contribution in [0.5, 0.6) is 0 Å². The molecule has 4 fully saturated rings. The molecule has 2 saturated carbocycles. The maximum atomic E-state index is 15.2. The molecule has 1 spiro atoms. The second-order valence-electron chi connectivity index (χ2n) is 25.7. The van der Waals surface area contributed by atoms with Gasteiger partial charge in [0.25, 0.3) is 0 Å². The summed E-state index contributed by atoms with van der Waals surface area (Å²) in [5, 5.41) is 11.0. The van der Waals surface area contributed by atoms with E-state index in [9.17, 15) is 56.3 Å². The van der Waals surface area contributed by atoms with Gasteiger partial charge in [0.05, 0.1) is 23.7 Å². The van der Waals surface area contributed by atoms with Crippen LogP contribution in [0.2, 0.25) is 5.02 Å². The number of benzene rings is 2. The van der Waals surface area contributed by atoms with Crippen molar-refractivity contribution in [2.75, 3.05) is 61.9 Å². The molecule has 502 valence electrons. The lowest BCUT2D eigenvalue weighted by Gasteiger charge is -2.40. The van der Waals surface area contributed by atoms with E-state index in [0.717, 1.165) is 45.2 Å². The Hall–Kier alpha value is -7.31. The van der Waals surface area contributed by atoms with Crippen LogP contribution < -0.4 is 21.3 Å². The number of nitrogens with one attached hydrogen (secondary N) is 4. The average Bonchev–Trinajstić information content (AvgIpc) is 2.01. The van der Waals surface area contributed by atoms with Crippen molar-refractivity contribution in [1.29, 1.82) is 0 Å². The van der Waals surface area contributed by atoms with Crippen LogP contribution >= 0.6 is 11.6 Å². The summed E-state index contributed by atoms with van der Waals surface area (Å²) in [6, 6.07) is 1.10. The zero-order chi connectivity index (χ0) is 67.6. The Kier molecular flexibility index (Phi) is 25.1. The average molecular weight is 1300 g/mol. The van der Waals surface area contributed by atoms with Crippen molar-refractivity contribution >= 4 is 76.6 Å².